The summed E-state index contributed by atoms with van der Waals surface area (Å²) in [5.41, 5.74) is 2.48. The van der Waals surface area contributed by atoms with E-state index in [1.165, 1.54) is 25.7 Å². The number of halogens is 3. The van der Waals surface area contributed by atoms with Gasteiger partial charge < -0.3 is 19.7 Å². The van der Waals surface area contributed by atoms with Crippen molar-refractivity contribution in [3.63, 3.8) is 0 Å². The topological polar surface area (TPSA) is 79.2 Å². The smallest absolute Gasteiger partial charge is 0.416 e. The quantitative estimate of drug-likeness (QED) is 0.485. The molecule has 2 aromatic rings. The van der Waals surface area contributed by atoms with E-state index in [1.807, 2.05) is 11.0 Å². The molecule has 38 heavy (non-hydrogen) atoms. The molecule has 5 rings (SSSR count). The molecule has 1 saturated heterocycles. The molecule has 6 nitrogen and oxygen atoms in total. The van der Waals surface area contributed by atoms with E-state index in [2.05, 4.69) is 11.7 Å². The number of phenols is 1. The van der Waals surface area contributed by atoms with Crippen molar-refractivity contribution in [1.29, 1.82) is 0 Å². The summed E-state index contributed by atoms with van der Waals surface area (Å²) in [5.74, 6) is 1.32. The monoisotopic (exact) mass is 537 g/mol. The zero-order chi connectivity index (χ0) is 28.1. The molecule has 0 radical (unpaired) electrons. The predicted molar refractivity (Wildman–Crippen MR) is 138 cm³/mol. The zero-order valence-electron chi connectivity index (χ0n) is 22.5. The third-order valence-electron chi connectivity index (χ3n) is 7.33. The first-order valence-electron chi connectivity index (χ1n) is 13.0. The van der Waals surface area contributed by atoms with Crippen LogP contribution in [0.15, 0.2) is 30.3 Å². The number of ether oxygens (including phenoxy) is 2. The number of rotatable bonds is 2. The maximum absolute atomic E-state index is 13.3. The molecule has 1 unspecified atom stereocenters. The number of hydrogen-bond donors (Lipinski definition) is 2. The van der Waals surface area contributed by atoms with E-state index in [9.17, 15) is 23.1 Å². The number of carbonyl (C=O) groups excluding carboxylic acids is 1. The molecule has 0 amide bonds. The van der Waals surface area contributed by atoms with Gasteiger partial charge in [-0.1, -0.05) is 19.1 Å². The average molecular weight is 538 g/mol. The van der Waals surface area contributed by atoms with Gasteiger partial charge in [-0.3, -0.25) is 9.69 Å². The number of nitrogens with zero attached hydrogens (tertiary/aromatic N) is 1. The summed E-state index contributed by atoms with van der Waals surface area (Å²) in [7, 11) is 1.35. The second-order valence-corrected chi connectivity index (χ2v) is 10.5. The fourth-order valence-corrected chi connectivity index (χ4v) is 4.97. The van der Waals surface area contributed by atoms with Gasteiger partial charge in [-0.15, -0.1) is 0 Å². The minimum absolute atomic E-state index is 0.245. The summed E-state index contributed by atoms with van der Waals surface area (Å²) in [6.07, 6.45) is -0.491. The number of esters is 1. The zero-order valence-corrected chi connectivity index (χ0v) is 22.5. The van der Waals surface area contributed by atoms with Gasteiger partial charge in [0.15, 0.2) is 0 Å². The van der Waals surface area contributed by atoms with E-state index in [0.717, 1.165) is 42.7 Å². The van der Waals surface area contributed by atoms with Crippen LogP contribution >= 0.6 is 0 Å². The lowest BCUT2D eigenvalue weighted by atomic mass is 9.92. The summed E-state index contributed by atoms with van der Waals surface area (Å²) in [5, 5.41) is 19.1. The van der Waals surface area contributed by atoms with Crippen LogP contribution in [0.2, 0.25) is 0 Å². The third kappa shape index (κ3) is 7.86. The molecule has 2 aromatic carbocycles. The Hall–Kier alpha value is -2.78. The summed E-state index contributed by atoms with van der Waals surface area (Å²) in [4.78, 5) is 11.6. The van der Waals surface area contributed by atoms with E-state index in [1.54, 1.807) is 25.1 Å². The van der Waals surface area contributed by atoms with Crippen LogP contribution < -0.4 is 4.74 Å². The van der Waals surface area contributed by atoms with E-state index in [4.69, 9.17) is 9.84 Å². The largest absolute Gasteiger partial charge is 0.508 e. The summed E-state index contributed by atoms with van der Waals surface area (Å²) >= 11 is 0. The standard InChI is InChI=1S/C17H22F3NO.C9H10O2.C3H6O2/c1-16(22)7-9-21(10-8-16)11-14-13-4-2-3-12(13)5-6-15(14)17(18,19)20;1-6-5-11-9-4-7(10)2-3-8(6)9;1-3(4)5-2/h5-6,22H,2-4,7-11H2,1H3;2-4,6,10H,5H2,1H3;1-2H3. The molecule has 0 aromatic heterocycles. The van der Waals surface area contributed by atoms with Gasteiger partial charge >= 0.3 is 12.1 Å². The van der Waals surface area contributed by atoms with Crippen LogP contribution in [-0.2, 0) is 35.1 Å². The molecule has 210 valence electrons. The lowest BCUT2D eigenvalue weighted by molar-refractivity contribution is -0.139. The fraction of sp³-hybridized carbons (Fsp3) is 0.552. The first-order chi connectivity index (χ1) is 17.8. The average Bonchev–Trinajstić information content (AvgIpc) is 3.47. The minimum Gasteiger partial charge on any atom is -0.508 e. The summed E-state index contributed by atoms with van der Waals surface area (Å²) < 4.78 is 49.4. The Bertz CT molecular complexity index is 1110. The molecule has 2 N–H and O–H groups in total. The van der Waals surface area contributed by atoms with Gasteiger partial charge in [-0.2, -0.15) is 13.2 Å². The number of piperidine rings is 1. The van der Waals surface area contributed by atoms with Crippen molar-refractivity contribution < 1.29 is 37.7 Å². The van der Waals surface area contributed by atoms with Gasteiger partial charge in [-0.25, -0.2) is 0 Å². The molecule has 1 fully saturated rings. The summed E-state index contributed by atoms with van der Waals surface area (Å²) in [6.45, 7) is 7.64. The van der Waals surface area contributed by atoms with Crippen LogP contribution in [0.5, 0.6) is 11.5 Å². The molecule has 3 aliphatic rings. The van der Waals surface area contributed by atoms with Crippen molar-refractivity contribution in [2.75, 3.05) is 26.8 Å². The highest BCUT2D eigenvalue weighted by atomic mass is 19.4. The lowest BCUT2D eigenvalue weighted by Crippen LogP contribution is -2.42. The molecule has 9 heteroatoms. The Kier molecular flexibility index (Phi) is 9.70. The Balaban J connectivity index is 0.000000207. The molecule has 1 aliphatic carbocycles. The van der Waals surface area contributed by atoms with Crippen LogP contribution in [0, 0.1) is 0 Å². The van der Waals surface area contributed by atoms with Crippen molar-refractivity contribution in [2.45, 2.75) is 77.1 Å². The Labute approximate surface area is 222 Å². The summed E-state index contributed by atoms with van der Waals surface area (Å²) in [6, 6.07) is 8.18. The number of likely N-dealkylation sites (tertiary alicyclic amines) is 1. The molecule has 0 bridgehead atoms. The van der Waals surface area contributed by atoms with Crippen molar-refractivity contribution in [3.8, 4) is 11.5 Å². The lowest BCUT2D eigenvalue weighted by Gasteiger charge is -2.36. The molecule has 2 heterocycles. The van der Waals surface area contributed by atoms with Crippen LogP contribution in [0.3, 0.4) is 0 Å². The highest BCUT2D eigenvalue weighted by Crippen LogP contribution is 2.39. The first-order valence-corrected chi connectivity index (χ1v) is 13.0. The minimum atomic E-state index is -4.30. The number of aromatic hydroxyl groups is 1. The first kappa shape index (κ1) is 29.8. The number of methoxy groups -OCH3 is 1. The SMILES string of the molecule is CC1(O)CCN(Cc2c(C(F)(F)F)ccc3c2CCC3)CC1.CC1COc2cc(O)ccc21.COC(C)=O. The van der Waals surface area contributed by atoms with E-state index < -0.39 is 17.3 Å². The van der Waals surface area contributed by atoms with Gasteiger partial charge in [0.05, 0.1) is 24.9 Å². The number of aryl methyl sites for hydroxylation is 1. The second-order valence-electron chi connectivity index (χ2n) is 10.5. The van der Waals surface area contributed by atoms with Crippen molar-refractivity contribution >= 4 is 5.97 Å². The maximum Gasteiger partial charge on any atom is 0.416 e. The number of phenolic OH excluding ortho intramolecular Hbond substituents is 1. The number of carbonyl (C=O) groups is 1. The van der Waals surface area contributed by atoms with Gasteiger partial charge in [0, 0.05) is 44.1 Å². The molecule has 0 saturated carbocycles. The van der Waals surface area contributed by atoms with Crippen LogP contribution in [0.1, 0.15) is 73.8 Å². The highest BCUT2D eigenvalue weighted by molar-refractivity contribution is 5.65. The molecular formula is C29H38F3NO5. The molecular weight excluding hydrogens is 499 g/mol. The van der Waals surface area contributed by atoms with Crippen molar-refractivity contribution in [1.82, 2.24) is 4.90 Å². The third-order valence-corrected chi connectivity index (χ3v) is 7.33. The number of aliphatic hydroxyl groups is 1. The van der Waals surface area contributed by atoms with E-state index >= 15 is 0 Å². The van der Waals surface area contributed by atoms with Crippen LogP contribution in [0.4, 0.5) is 13.2 Å². The van der Waals surface area contributed by atoms with Gasteiger partial charge in [-0.05, 0) is 67.9 Å². The number of hydrogen-bond acceptors (Lipinski definition) is 6. The normalized spacial score (nSPS) is 19.6. The fourth-order valence-electron chi connectivity index (χ4n) is 4.97. The second kappa shape index (κ2) is 12.4. The van der Waals surface area contributed by atoms with Crippen molar-refractivity contribution in [2.24, 2.45) is 0 Å². The predicted octanol–water partition coefficient (Wildman–Crippen LogP) is 5.61. The van der Waals surface area contributed by atoms with Gasteiger partial charge in [0.2, 0.25) is 0 Å². The number of alkyl halides is 3. The molecule has 0 spiro atoms. The van der Waals surface area contributed by atoms with Crippen LogP contribution in [0.25, 0.3) is 0 Å². The molecule has 1 atom stereocenters. The van der Waals surface area contributed by atoms with Crippen molar-refractivity contribution in [3.05, 3.63) is 58.1 Å². The number of benzene rings is 2. The highest BCUT2D eigenvalue weighted by Gasteiger charge is 2.36. The Morgan fingerprint density at radius 2 is 1.84 bits per heavy atom. The Morgan fingerprint density at radius 1 is 1.18 bits per heavy atom. The van der Waals surface area contributed by atoms with Gasteiger partial charge in [0.25, 0.3) is 0 Å². The molecule has 2 aliphatic heterocycles. The maximum atomic E-state index is 13.3. The van der Waals surface area contributed by atoms with E-state index in [0.29, 0.717) is 44.0 Å². The number of fused-ring (bicyclic) bond motifs is 2. The van der Waals surface area contributed by atoms with Gasteiger partial charge in [0.1, 0.15) is 11.5 Å². The Morgan fingerprint density at radius 3 is 2.45 bits per heavy atom. The van der Waals surface area contributed by atoms with E-state index in [-0.39, 0.29) is 11.7 Å². The van der Waals surface area contributed by atoms with Crippen LogP contribution in [-0.4, -0.2) is 53.5 Å².